The van der Waals surface area contributed by atoms with Crippen LogP contribution in [0, 0.1) is 5.92 Å². The van der Waals surface area contributed by atoms with Crippen LogP contribution in [0.5, 0.6) is 0 Å². The van der Waals surface area contributed by atoms with Crippen LogP contribution in [-0.4, -0.2) is 32.9 Å². The quantitative estimate of drug-likeness (QED) is 0.818. The summed E-state index contributed by atoms with van der Waals surface area (Å²) < 4.78 is 5.28. The summed E-state index contributed by atoms with van der Waals surface area (Å²) in [6, 6.07) is 3.68. The van der Waals surface area contributed by atoms with Gasteiger partial charge in [-0.05, 0) is 18.1 Å². The Bertz CT molecular complexity index is 597. The van der Waals surface area contributed by atoms with Crippen molar-refractivity contribution in [1.29, 1.82) is 0 Å². The normalized spacial score (nSPS) is 14.1. The van der Waals surface area contributed by atoms with Crippen molar-refractivity contribution >= 4 is 5.82 Å². The van der Waals surface area contributed by atoms with E-state index in [0.29, 0.717) is 24.1 Å². The number of nitrogens with one attached hydrogen (secondary N) is 1. The zero-order chi connectivity index (χ0) is 16.1. The molecular formula is C16H24N4O2. The maximum absolute atomic E-state index is 10.00. The number of anilines is 1. The van der Waals surface area contributed by atoms with E-state index in [0.717, 1.165) is 12.0 Å². The average Bonchev–Trinajstić information content (AvgIpc) is 3.02. The summed E-state index contributed by atoms with van der Waals surface area (Å²) in [5, 5.41) is 17.1. The van der Waals surface area contributed by atoms with E-state index in [1.807, 2.05) is 32.9 Å². The van der Waals surface area contributed by atoms with Gasteiger partial charge in [-0.25, -0.2) is 4.98 Å². The maximum Gasteiger partial charge on any atom is 0.258 e. The van der Waals surface area contributed by atoms with Crippen LogP contribution < -0.4 is 5.32 Å². The molecule has 0 saturated heterocycles. The standard InChI is InChI=1S/C16H24N4O2/c1-5-11(4)13(21)9-18-14-8-12(6-7-17-14)16-19-15(10(2)3)20-22-16/h6-8,10-11,13,21H,5,9H2,1-4H3,(H,17,18). The van der Waals surface area contributed by atoms with Crippen LogP contribution in [0.2, 0.25) is 0 Å². The lowest BCUT2D eigenvalue weighted by Gasteiger charge is -2.17. The molecule has 0 fully saturated rings. The Morgan fingerprint density at radius 2 is 2.09 bits per heavy atom. The number of pyridine rings is 1. The van der Waals surface area contributed by atoms with Gasteiger partial charge in [0.25, 0.3) is 5.89 Å². The first-order valence-corrected chi connectivity index (χ1v) is 7.73. The van der Waals surface area contributed by atoms with Gasteiger partial charge in [0.15, 0.2) is 5.82 Å². The van der Waals surface area contributed by atoms with Gasteiger partial charge in [0.1, 0.15) is 5.82 Å². The Kier molecular flexibility index (Phi) is 5.49. The van der Waals surface area contributed by atoms with Gasteiger partial charge in [-0.15, -0.1) is 0 Å². The van der Waals surface area contributed by atoms with E-state index < -0.39 is 6.10 Å². The number of aliphatic hydroxyl groups is 1. The summed E-state index contributed by atoms with van der Waals surface area (Å²) in [4.78, 5) is 8.63. The molecule has 0 aliphatic carbocycles. The zero-order valence-corrected chi connectivity index (χ0v) is 13.6. The van der Waals surface area contributed by atoms with Crippen molar-refractivity contribution in [2.24, 2.45) is 5.92 Å². The highest BCUT2D eigenvalue weighted by atomic mass is 16.5. The van der Waals surface area contributed by atoms with Crippen molar-refractivity contribution in [3.05, 3.63) is 24.2 Å². The zero-order valence-electron chi connectivity index (χ0n) is 13.6. The largest absolute Gasteiger partial charge is 0.391 e. The highest BCUT2D eigenvalue weighted by Gasteiger charge is 2.14. The van der Waals surface area contributed by atoms with Gasteiger partial charge in [-0.1, -0.05) is 39.3 Å². The van der Waals surface area contributed by atoms with E-state index in [9.17, 15) is 5.11 Å². The lowest BCUT2D eigenvalue weighted by Crippen LogP contribution is -2.26. The van der Waals surface area contributed by atoms with Crippen LogP contribution in [-0.2, 0) is 0 Å². The molecule has 22 heavy (non-hydrogen) atoms. The van der Waals surface area contributed by atoms with Crippen LogP contribution >= 0.6 is 0 Å². The van der Waals surface area contributed by atoms with E-state index >= 15 is 0 Å². The smallest absolute Gasteiger partial charge is 0.258 e. The van der Waals surface area contributed by atoms with E-state index in [2.05, 4.69) is 27.4 Å². The third-order valence-corrected chi connectivity index (χ3v) is 3.76. The molecule has 2 aromatic rings. The molecule has 2 atom stereocenters. The number of hydrogen-bond donors (Lipinski definition) is 2. The Morgan fingerprint density at radius 3 is 2.73 bits per heavy atom. The van der Waals surface area contributed by atoms with Crippen molar-refractivity contribution in [2.45, 2.75) is 46.1 Å². The monoisotopic (exact) mass is 304 g/mol. The topological polar surface area (TPSA) is 84.1 Å². The molecule has 0 aliphatic heterocycles. The minimum Gasteiger partial charge on any atom is -0.391 e. The predicted molar refractivity (Wildman–Crippen MR) is 85.6 cm³/mol. The summed E-state index contributed by atoms with van der Waals surface area (Å²) in [5.41, 5.74) is 0.815. The summed E-state index contributed by atoms with van der Waals surface area (Å²) >= 11 is 0. The molecule has 6 nitrogen and oxygen atoms in total. The second-order valence-corrected chi connectivity index (χ2v) is 5.88. The fourth-order valence-corrected chi connectivity index (χ4v) is 1.93. The molecule has 2 rings (SSSR count). The Labute approximate surface area is 131 Å². The van der Waals surface area contributed by atoms with Crippen LogP contribution in [0.3, 0.4) is 0 Å². The molecule has 120 valence electrons. The molecule has 0 aliphatic rings. The van der Waals surface area contributed by atoms with E-state index in [1.165, 1.54) is 0 Å². The lowest BCUT2D eigenvalue weighted by molar-refractivity contribution is 0.126. The van der Waals surface area contributed by atoms with Gasteiger partial charge < -0.3 is 14.9 Å². The Morgan fingerprint density at radius 1 is 1.32 bits per heavy atom. The highest BCUT2D eigenvalue weighted by Crippen LogP contribution is 2.21. The second-order valence-electron chi connectivity index (χ2n) is 5.88. The molecule has 0 amide bonds. The summed E-state index contributed by atoms with van der Waals surface area (Å²) in [6.45, 7) is 8.60. The third-order valence-electron chi connectivity index (χ3n) is 3.76. The fraction of sp³-hybridized carbons (Fsp3) is 0.562. The number of nitrogens with zero attached hydrogens (tertiary/aromatic N) is 3. The van der Waals surface area contributed by atoms with Crippen molar-refractivity contribution in [2.75, 3.05) is 11.9 Å². The number of aliphatic hydroxyl groups excluding tert-OH is 1. The molecule has 2 aromatic heterocycles. The van der Waals surface area contributed by atoms with Gasteiger partial charge in [0, 0.05) is 24.2 Å². The van der Waals surface area contributed by atoms with Gasteiger partial charge in [-0.3, -0.25) is 0 Å². The van der Waals surface area contributed by atoms with Crippen LogP contribution in [0.25, 0.3) is 11.5 Å². The predicted octanol–water partition coefficient (Wildman–Crippen LogP) is 3.07. The molecule has 0 radical (unpaired) electrons. The molecule has 2 unspecified atom stereocenters. The Balaban J connectivity index is 2.06. The second kappa shape index (κ2) is 7.35. The van der Waals surface area contributed by atoms with E-state index in [4.69, 9.17) is 4.52 Å². The summed E-state index contributed by atoms with van der Waals surface area (Å²) in [7, 11) is 0. The molecule has 0 aromatic carbocycles. The van der Waals surface area contributed by atoms with E-state index in [1.54, 1.807) is 6.20 Å². The molecule has 2 heterocycles. The first kappa shape index (κ1) is 16.4. The SMILES string of the molecule is CCC(C)C(O)CNc1cc(-c2nc(C(C)C)no2)ccn1. The third kappa shape index (κ3) is 4.04. The maximum atomic E-state index is 10.00. The molecule has 0 bridgehead atoms. The van der Waals surface area contributed by atoms with E-state index in [-0.39, 0.29) is 11.8 Å². The van der Waals surface area contributed by atoms with Crippen LogP contribution in [0.1, 0.15) is 45.9 Å². The van der Waals surface area contributed by atoms with Crippen LogP contribution in [0.15, 0.2) is 22.9 Å². The van der Waals surface area contributed by atoms with Crippen LogP contribution in [0.4, 0.5) is 5.82 Å². The molecule has 0 saturated carbocycles. The van der Waals surface area contributed by atoms with Gasteiger partial charge in [0.2, 0.25) is 0 Å². The van der Waals surface area contributed by atoms with Crippen molar-refractivity contribution in [3.63, 3.8) is 0 Å². The summed E-state index contributed by atoms with van der Waals surface area (Å²) in [5.74, 6) is 2.33. The minimum atomic E-state index is -0.397. The molecular weight excluding hydrogens is 280 g/mol. The molecule has 0 spiro atoms. The van der Waals surface area contributed by atoms with Crippen molar-refractivity contribution in [1.82, 2.24) is 15.1 Å². The minimum absolute atomic E-state index is 0.225. The fourth-order valence-electron chi connectivity index (χ4n) is 1.93. The number of aromatic nitrogens is 3. The Hall–Kier alpha value is -1.95. The first-order valence-electron chi connectivity index (χ1n) is 7.73. The van der Waals surface area contributed by atoms with Gasteiger partial charge in [0.05, 0.1) is 6.10 Å². The lowest BCUT2D eigenvalue weighted by atomic mass is 10.0. The molecule has 6 heteroatoms. The molecule has 2 N–H and O–H groups in total. The van der Waals surface area contributed by atoms with Gasteiger partial charge in [-0.2, -0.15) is 4.98 Å². The summed E-state index contributed by atoms with van der Waals surface area (Å²) in [6.07, 6.45) is 2.23. The first-order chi connectivity index (χ1) is 10.5. The number of rotatable bonds is 7. The van der Waals surface area contributed by atoms with Crippen molar-refractivity contribution in [3.8, 4) is 11.5 Å². The van der Waals surface area contributed by atoms with Gasteiger partial charge >= 0.3 is 0 Å². The van der Waals surface area contributed by atoms with Crippen molar-refractivity contribution < 1.29 is 9.63 Å². The number of hydrogen-bond acceptors (Lipinski definition) is 6. The average molecular weight is 304 g/mol. The highest BCUT2D eigenvalue weighted by molar-refractivity contribution is 5.57.